The number of hydrogen-bond donors (Lipinski definition) is 1. The highest BCUT2D eigenvalue weighted by atomic mass is 79.9. The topological polar surface area (TPSA) is 102 Å². The highest BCUT2D eigenvalue weighted by Crippen LogP contribution is 2.22. The van der Waals surface area contributed by atoms with Crippen LogP contribution in [0, 0.1) is 11.3 Å². The summed E-state index contributed by atoms with van der Waals surface area (Å²) in [4.78, 5) is 22.8. The van der Waals surface area contributed by atoms with Crippen LogP contribution in [-0.2, 0) is 9.59 Å². The van der Waals surface area contributed by atoms with Crippen molar-refractivity contribution in [3.05, 3.63) is 64.1 Å². The first-order chi connectivity index (χ1) is 12.0. The van der Waals surface area contributed by atoms with E-state index in [9.17, 15) is 20.0 Å². The van der Waals surface area contributed by atoms with Crippen LogP contribution in [0.5, 0.6) is 5.75 Å². The van der Waals surface area contributed by atoms with Gasteiger partial charge in [-0.15, -0.1) is 0 Å². The molecule has 7 heteroatoms. The van der Waals surface area contributed by atoms with Crippen molar-refractivity contribution in [1.29, 1.82) is 5.26 Å². The van der Waals surface area contributed by atoms with E-state index in [4.69, 9.17) is 4.74 Å². The van der Waals surface area contributed by atoms with Crippen LogP contribution in [0.2, 0.25) is 0 Å². The number of carboxylic acid groups (broad SMARTS) is 1. The van der Waals surface area contributed by atoms with Crippen molar-refractivity contribution >= 4 is 39.6 Å². The van der Waals surface area contributed by atoms with E-state index in [2.05, 4.69) is 21.2 Å². The Morgan fingerprint density at radius 3 is 2.68 bits per heavy atom. The third-order valence-corrected chi connectivity index (χ3v) is 3.51. The number of amides is 1. The van der Waals surface area contributed by atoms with Crippen molar-refractivity contribution in [2.45, 2.75) is 0 Å². The number of hydrogen-bond acceptors (Lipinski definition) is 5. The summed E-state index contributed by atoms with van der Waals surface area (Å²) < 4.78 is 5.89. The summed E-state index contributed by atoms with van der Waals surface area (Å²) in [6, 6.07) is 15.2. The second-order valence-corrected chi connectivity index (χ2v) is 5.75. The van der Waals surface area contributed by atoms with Gasteiger partial charge in [0.15, 0.2) is 0 Å². The number of benzene rings is 2. The van der Waals surface area contributed by atoms with Crippen LogP contribution in [0.3, 0.4) is 0 Å². The van der Waals surface area contributed by atoms with E-state index in [-0.39, 0.29) is 11.3 Å². The zero-order valence-electron chi connectivity index (χ0n) is 12.9. The predicted octanol–water partition coefficient (Wildman–Crippen LogP) is 2.12. The summed E-state index contributed by atoms with van der Waals surface area (Å²) in [5.74, 6) is -1.73. The number of anilines is 1. The lowest BCUT2D eigenvalue weighted by Gasteiger charge is -2.10. The molecule has 6 nitrogen and oxygen atoms in total. The van der Waals surface area contributed by atoms with Gasteiger partial charge in [0.2, 0.25) is 0 Å². The molecule has 0 atom stereocenters. The number of carbonyl (C=O) groups excluding carboxylic acids is 2. The molecule has 2 rings (SSSR count). The Hall–Kier alpha value is -3.11. The van der Waals surface area contributed by atoms with E-state index < -0.39 is 18.5 Å². The van der Waals surface area contributed by atoms with Gasteiger partial charge < -0.3 is 20.0 Å². The molecule has 2 aromatic carbocycles. The molecule has 0 heterocycles. The number of carbonyl (C=O) groups is 2. The molecule has 25 heavy (non-hydrogen) atoms. The molecule has 0 spiro atoms. The van der Waals surface area contributed by atoms with E-state index in [0.29, 0.717) is 11.3 Å². The predicted molar refractivity (Wildman–Crippen MR) is 93.3 cm³/mol. The second-order valence-electron chi connectivity index (χ2n) is 4.83. The molecule has 0 fully saturated rings. The first kappa shape index (κ1) is 18.2. The molecule has 0 saturated heterocycles. The van der Waals surface area contributed by atoms with E-state index in [1.54, 1.807) is 36.4 Å². The van der Waals surface area contributed by atoms with Gasteiger partial charge in [0.1, 0.15) is 24.0 Å². The van der Waals surface area contributed by atoms with E-state index in [1.807, 2.05) is 12.1 Å². The Balaban J connectivity index is 2.23. The SMILES string of the molecule is N#C/C(=C\c1ccccc1OCC(=O)[O-])C(=O)Nc1cccc(Br)c1. The minimum atomic E-state index is -1.37. The van der Waals surface area contributed by atoms with Crippen molar-refractivity contribution in [3.8, 4) is 11.8 Å². The number of para-hydroxylation sites is 1. The van der Waals surface area contributed by atoms with Gasteiger partial charge in [-0.05, 0) is 30.3 Å². The number of rotatable bonds is 6. The van der Waals surface area contributed by atoms with Crippen molar-refractivity contribution in [2.75, 3.05) is 11.9 Å². The lowest BCUT2D eigenvalue weighted by atomic mass is 10.1. The van der Waals surface area contributed by atoms with E-state index in [0.717, 1.165) is 4.47 Å². The number of nitrogens with zero attached hydrogens (tertiary/aromatic N) is 1. The van der Waals surface area contributed by atoms with Gasteiger partial charge in [-0.3, -0.25) is 4.79 Å². The quantitative estimate of drug-likeness (QED) is 0.591. The molecular formula is C18H12BrN2O4-. The second kappa shape index (κ2) is 8.66. The minimum Gasteiger partial charge on any atom is -0.546 e. The van der Waals surface area contributed by atoms with Crippen LogP contribution in [0.4, 0.5) is 5.69 Å². The summed E-state index contributed by atoms with van der Waals surface area (Å²) in [6.45, 7) is -0.628. The standard InChI is InChI=1S/C18H13BrN2O4/c19-14-5-3-6-15(9-14)21-18(24)13(10-20)8-12-4-1-2-7-16(12)25-11-17(22)23/h1-9H,11H2,(H,21,24)(H,22,23)/p-1/b13-8+. The smallest absolute Gasteiger partial charge is 0.266 e. The minimum absolute atomic E-state index is 0.149. The molecule has 0 aromatic heterocycles. The Bertz CT molecular complexity index is 871. The van der Waals surface area contributed by atoms with Crippen molar-refractivity contribution < 1.29 is 19.4 Å². The normalized spacial score (nSPS) is 10.6. The van der Waals surface area contributed by atoms with Crippen molar-refractivity contribution in [1.82, 2.24) is 0 Å². The summed E-state index contributed by atoms with van der Waals surface area (Å²) in [7, 11) is 0. The number of nitriles is 1. The van der Waals surface area contributed by atoms with E-state index >= 15 is 0 Å². The Morgan fingerprint density at radius 2 is 2.00 bits per heavy atom. The third kappa shape index (κ3) is 5.48. The third-order valence-electron chi connectivity index (χ3n) is 3.01. The Morgan fingerprint density at radius 1 is 1.24 bits per heavy atom. The molecule has 126 valence electrons. The van der Waals surface area contributed by atoms with Gasteiger partial charge in [0.05, 0.1) is 5.97 Å². The fourth-order valence-electron chi connectivity index (χ4n) is 1.94. The van der Waals surface area contributed by atoms with Crippen molar-refractivity contribution in [3.63, 3.8) is 0 Å². The molecule has 0 radical (unpaired) electrons. The summed E-state index contributed by atoms with van der Waals surface area (Å²) in [5.41, 5.74) is 0.788. The van der Waals surface area contributed by atoms with Crippen LogP contribution in [-0.4, -0.2) is 18.5 Å². The molecule has 0 aliphatic rings. The van der Waals surface area contributed by atoms with Crippen LogP contribution in [0.25, 0.3) is 6.08 Å². The first-order valence-electron chi connectivity index (χ1n) is 7.10. The molecule has 0 aliphatic heterocycles. The molecular weight excluding hydrogens is 388 g/mol. The molecule has 0 bridgehead atoms. The van der Waals surface area contributed by atoms with Gasteiger partial charge in [-0.2, -0.15) is 5.26 Å². The number of halogens is 1. The molecule has 2 aromatic rings. The Labute approximate surface area is 152 Å². The average molecular weight is 400 g/mol. The van der Waals surface area contributed by atoms with E-state index in [1.165, 1.54) is 12.1 Å². The van der Waals surface area contributed by atoms with Crippen LogP contribution >= 0.6 is 15.9 Å². The van der Waals surface area contributed by atoms with Crippen LogP contribution in [0.1, 0.15) is 5.56 Å². The van der Waals surface area contributed by atoms with Crippen molar-refractivity contribution in [2.24, 2.45) is 0 Å². The molecule has 1 N–H and O–H groups in total. The zero-order chi connectivity index (χ0) is 18.2. The maximum atomic E-state index is 12.3. The molecule has 1 amide bonds. The number of ether oxygens (including phenoxy) is 1. The fraction of sp³-hybridized carbons (Fsp3) is 0.0556. The number of aliphatic carboxylic acids is 1. The van der Waals surface area contributed by atoms with Gasteiger partial charge >= 0.3 is 0 Å². The summed E-state index contributed by atoms with van der Waals surface area (Å²) in [6.07, 6.45) is 1.33. The lowest BCUT2D eigenvalue weighted by Crippen LogP contribution is -2.29. The number of carboxylic acids is 1. The number of nitrogens with one attached hydrogen (secondary N) is 1. The fourth-order valence-corrected chi connectivity index (χ4v) is 2.34. The molecule has 0 saturated carbocycles. The largest absolute Gasteiger partial charge is 0.546 e. The van der Waals surface area contributed by atoms with Gasteiger partial charge in [-0.25, -0.2) is 0 Å². The zero-order valence-corrected chi connectivity index (χ0v) is 14.4. The van der Waals surface area contributed by atoms with Crippen LogP contribution < -0.4 is 15.2 Å². The monoisotopic (exact) mass is 399 g/mol. The Kier molecular flexibility index (Phi) is 6.32. The maximum absolute atomic E-state index is 12.3. The summed E-state index contributed by atoms with van der Waals surface area (Å²) in [5, 5.41) is 22.4. The highest BCUT2D eigenvalue weighted by molar-refractivity contribution is 9.10. The molecule has 0 unspecified atom stereocenters. The molecule has 0 aliphatic carbocycles. The maximum Gasteiger partial charge on any atom is 0.266 e. The lowest BCUT2D eigenvalue weighted by molar-refractivity contribution is -0.307. The van der Waals surface area contributed by atoms with Gasteiger partial charge in [0.25, 0.3) is 5.91 Å². The first-order valence-corrected chi connectivity index (χ1v) is 7.89. The average Bonchev–Trinajstić information content (AvgIpc) is 2.58. The summed E-state index contributed by atoms with van der Waals surface area (Å²) >= 11 is 3.30. The van der Waals surface area contributed by atoms with Crippen LogP contribution in [0.15, 0.2) is 58.6 Å². The van der Waals surface area contributed by atoms with Gasteiger partial charge in [-0.1, -0.05) is 40.2 Å². The van der Waals surface area contributed by atoms with Gasteiger partial charge in [0, 0.05) is 15.7 Å². The highest BCUT2D eigenvalue weighted by Gasteiger charge is 2.11.